The van der Waals surface area contributed by atoms with Crippen molar-refractivity contribution >= 4 is 27.3 Å². The van der Waals surface area contributed by atoms with Gasteiger partial charge in [0.15, 0.2) is 0 Å². The van der Waals surface area contributed by atoms with Crippen molar-refractivity contribution in [1.82, 2.24) is 5.32 Å². The monoisotopic (exact) mass is 303 g/mol. The van der Waals surface area contributed by atoms with Crippen molar-refractivity contribution in [2.24, 2.45) is 5.92 Å². The van der Waals surface area contributed by atoms with Gasteiger partial charge in [-0.3, -0.25) is 0 Å². The second-order valence-electron chi connectivity index (χ2n) is 4.31. The van der Waals surface area contributed by atoms with Crippen molar-refractivity contribution in [3.8, 4) is 0 Å². The van der Waals surface area contributed by atoms with Crippen LogP contribution >= 0.6 is 27.3 Å². The molecular weight excluding hydrogens is 286 g/mol. The van der Waals surface area contributed by atoms with Crippen LogP contribution < -0.4 is 5.32 Å². The first kappa shape index (κ1) is 12.6. The average Bonchev–Trinajstić information content (AvgIpc) is 2.61. The van der Waals surface area contributed by atoms with Crippen molar-refractivity contribution < 1.29 is 4.74 Å². The first-order valence-electron chi connectivity index (χ1n) is 5.73. The predicted octanol–water partition coefficient (Wildman–Crippen LogP) is 3.51. The van der Waals surface area contributed by atoms with Crippen molar-refractivity contribution in [3.63, 3.8) is 0 Å². The van der Waals surface area contributed by atoms with Gasteiger partial charge in [-0.15, -0.1) is 11.3 Å². The molecule has 1 aromatic rings. The molecule has 2 atom stereocenters. The molecule has 0 saturated carbocycles. The zero-order valence-corrected chi connectivity index (χ0v) is 12.2. The molecule has 0 bridgehead atoms. The summed E-state index contributed by atoms with van der Waals surface area (Å²) < 4.78 is 6.82. The van der Waals surface area contributed by atoms with Gasteiger partial charge in [0.2, 0.25) is 0 Å². The van der Waals surface area contributed by atoms with Gasteiger partial charge in [0.25, 0.3) is 0 Å². The van der Waals surface area contributed by atoms with E-state index in [1.165, 1.54) is 27.1 Å². The Morgan fingerprint density at radius 3 is 2.94 bits per heavy atom. The van der Waals surface area contributed by atoms with Crippen LogP contribution in [0.4, 0.5) is 0 Å². The third kappa shape index (κ3) is 2.67. The summed E-state index contributed by atoms with van der Waals surface area (Å²) in [6, 6.07) is 2.63. The highest BCUT2D eigenvalue weighted by atomic mass is 79.9. The van der Waals surface area contributed by atoms with Gasteiger partial charge in [-0.2, -0.15) is 0 Å². The molecule has 0 amide bonds. The lowest BCUT2D eigenvalue weighted by Crippen LogP contribution is -2.31. The number of halogens is 1. The third-order valence-electron chi connectivity index (χ3n) is 3.10. The summed E-state index contributed by atoms with van der Waals surface area (Å²) in [4.78, 5) is 2.77. The van der Waals surface area contributed by atoms with Gasteiger partial charge in [0, 0.05) is 32.8 Å². The van der Waals surface area contributed by atoms with Crippen LogP contribution in [0.1, 0.15) is 28.6 Å². The minimum atomic E-state index is 0.424. The molecule has 0 radical (unpaired) electrons. The van der Waals surface area contributed by atoms with Crippen LogP contribution in [0.15, 0.2) is 10.5 Å². The molecule has 16 heavy (non-hydrogen) atoms. The SMILES string of the molecule is CNC(c1sc(C)cc1Br)C1CCCOC1. The fourth-order valence-electron chi connectivity index (χ4n) is 2.32. The van der Waals surface area contributed by atoms with E-state index < -0.39 is 0 Å². The van der Waals surface area contributed by atoms with Gasteiger partial charge in [-0.05, 0) is 48.8 Å². The quantitative estimate of drug-likeness (QED) is 0.923. The highest BCUT2D eigenvalue weighted by Gasteiger charge is 2.27. The Balaban J connectivity index is 2.17. The molecule has 1 fully saturated rings. The summed E-state index contributed by atoms with van der Waals surface area (Å²) in [5.74, 6) is 0.605. The van der Waals surface area contributed by atoms with Gasteiger partial charge in [-0.1, -0.05) is 0 Å². The lowest BCUT2D eigenvalue weighted by molar-refractivity contribution is 0.0406. The molecule has 1 aromatic heterocycles. The summed E-state index contributed by atoms with van der Waals surface area (Å²) in [5, 5.41) is 3.44. The maximum absolute atomic E-state index is 5.58. The van der Waals surface area contributed by atoms with E-state index in [-0.39, 0.29) is 0 Å². The van der Waals surface area contributed by atoms with Crippen molar-refractivity contribution in [1.29, 1.82) is 0 Å². The summed E-state index contributed by atoms with van der Waals surface area (Å²) >= 11 is 5.53. The van der Waals surface area contributed by atoms with Crippen LogP contribution in [0.5, 0.6) is 0 Å². The largest absolute Gasteiger partial charge is 0.381 e. The third-order valence-corrected chi connectivity index (χ3v) is 5.15. The van der Waals surface area contributed by atoms with Crippen LogP contribution in [-0.4, -0.2) is 20.3 Å². The summed E-state index contributed by atoms with van der Waals surface area (Å²) in [5.41, 5.74) is 0. The highest BCUT2D eigenvalue weighted by molar-refractivity contribution is 9.10. The predicted molar refractivity (Wildman–Crippen MR) is 72.1 cm³/mol. The van der Waals surface area contributed by atoms with E-state index in [0.717, 1.165) is 13.2 Å². The Morgan fingerprint density at radius 1 is 1.62 bits per heavy atom. The Morgan fingerprint density at radius 2 is 2.44 bits per heavy atom. The van der Waals surface area contributed by atoms with Crippen LogP contribution in [0.3, 0.4) is 0 Å². The van der Waals surface area contributed by atoms with Crippen molar-refractivity contribution in [2.75, 3.05) is 20.3 Å². The molecule has 2 rings (SSSR count). The van der Waals surface area contributed by atoms with Gasteiger partial charge >= 0.3 is 0 Å². The average molecular weight is 304 g/mol. The molecule has 2 heterocycles. The molecule has 2 unspecified atom stereocenters. The molecule has 0 spiro atoms. The Kier molecular flexibility index (Phi) is 4.41. The van der Waals surface area contributed by atoms with E-state index in [9.17, 15) is 0 Å². The minimum absolute atomic E-state index is 0.424. The second kappa shape index (κ2) is 5.63. The number of hydrogen-bond acceptors (Lipinski definition) is 3. The molecule has 2 nitrogen and oxygen atoms in total. The molecule has 1 aliphatic heterocycles. The minimum Gasteiger partial charge on any atom is -0.381 e. The summed E-state index contributed by atoms with van der Waals surface area (Å²) in [6.45, 7) is 3.97. The zero-order valence-electron chi connectivity index (χ0n) is 9.75. The summed E-state index contributed by atoms with van der Waals surface area (Å²) in [6.07, 6.45) is 2.44. The van der Waals surface area contributed by atoms with E-state index in [0.29, 0.717) is 12.0 Å². The molecule has 1 N–H and O–H groups in total. The Hall–Kier alpha value is 0.1000. The van der Waals surface area contributed by atoms with Gasteiger partial charge in [0.05, 0.1) is 6.61 Å². The Labute approximate surface area is 110 Å². The lowest BCUT2D eigenvalue weighted by Gasteiger charge is -2.29. The van der Waals surface area contributed by atoms with Crippen LogP contribution in [0.25, 0.3) is 0 Å². The van der Waals surface area contributed by atoms with Gasteiger partial charge in [0.1, 0.15) is 0 Å². The van der Waals surface area contributed by atoms with Gasteiger partial charge < -0.3 is 10.1 Å². The number of ether oxygens (including phenoxy) is 1. The Bertz CT molecular complexity index is 347. The van der Waals surface area contributed by atoms with Crippen LogP contribution in [0, 0.1) is 12.8 Å². The normalized spacial score (nSPS) is 23.3. The fourth-order valence-corrected chi connectivity index (χ4v) is 4.42. The molecule has 90 valence electrons. The van der Waals surface area contributed by atoms with Crippen LogP contribution in [-0.2, 0) is 4.74 Å². The summed E-state index contributed by atoms with van der Waals surface area (Å²) in [7, 11) is 2.04. The van der Waals surface area contributed by atoms with E-state index in [4.69, 9.17) is 4.74 Å². The molecular formula is C12H18BrNOS. The number of rotatable bonds is 3. The zero-order chi connectivity index (χ0) is 11.5. The standard InChI is InChI=1S/C12H18BrNOS/c1-8-6-10(13)12(16-8)11(14-2)9-4-3-5-15-7-9/h6,9,11,14H,3-5,7H2,1-2H3. The van der Waals surface area contributed by atoms with E-state index >= 15 is 0 Å². The molecule has 4 heteroatoms. The maximum atomic E-state index is 5.58. The number of aryl methyl sites for hydroxylation is 1. The van der Waals surface area contributed by atoms with Crippen LogP contribution in [0.2, 0.25) is 0 Å². The molecule has 1 saturated heterocycles. The van der Waals surface area contributed by atoms with Gasteiger partial charge in [-0.25, -0.2) is 0 Å². The molecule has 0 aliphatic carbocycles. The first-order chi connectivity index (χ1) is 7.72. The lowest BCUT2D eigenvalue weighted by atomic mass is 9.93. The second-order valence-corrected chi connectivity index (χ2v) is 6.46. The molecule has 0 aromatic carbocycles. The van der Waals surface area contributed by atoms with Crippen molar-refractivity contribution in [2.45, 2.75) is 25.8 Å². The number of thiophene rings is 1. The van der Waals surface area contributed by atoms with E-state index in [2.05, 4.69) is 34.2 Å². The number of nitrogens with one attached hydrogen (secondary N) is 1. The smallest absolute Gasteiger partial charge is 0.0512 e. The maximum Gasteiger partial charge on any atom is 0.0512 e. The number of hydrogen-bond donors (Lipinski definition) is 1. The first-order valence-corrected chi connectivity index (χ1v) is 7.34. The highest BCUT2D eigenvalue weighted by Crippen LogP contribution is 2.37. The topological polar surface area (TPSA) is 21.3 Å². The van der Waals surface area contributed by atoms with E-state index in [1.54, 1.807) is 0 Å². The van der Waals surface area contributed by atoms with Crippen molar-refractivity contribution in [3.05, 3.63) is 20.3 Å². The fraction of sp³-hybridized carbons (Fsp3) is 0.667. The molecule has 1 aliphatic rings. The van der Waals surface area contributed by atoms with E-state index in [1.807, 2.05) is 18.4 Å².